The molecule has 7 nitrogen and oxygen atoms in total. The number of aromatic amines is 1. The van der Waals surface area contributed by atoms with Gasteiger partial charge < -0.3 is 10.2 Å². The van der Waals surface area contributed by atoms with Gasteiger partial charge in [0.05, 0.1) is 16.7 Å². The number of nitrogens with one attached hydrogen (secondary N) is 2. The smallest absolute Gasteiger partial charge is 0.251 e. The maximum atomic E-state index is 14.4. The van der Waals surface area contributed by atoms with E-state index in [2.05, 4.69) is 32.4 Å². The van der Waals surface area contributed by atoms with Crippen LogP contribution in [0, 0.1) is 17.6 Å². The van der Waals surface area contributed by atoms with E-state index in [4.69, 9.17) is 0 Å². The number of piperidine rings is 1. The van der Waals surface area contributed by atoms with E-state index in [0.717, 1.165) is 52.6 Å². The molecule has 3 heterocycles. The number of fused-ring (bicyclic) bond motifs is 2. The number of aromatic nitrogens is 4. The Labute approximate surface area is 231 Å². The molecule has 2 atom stereocenters. The van der Waals surface area contributed by atoms with E-state index in [0.29, 0.717) is 24.9 Å². The molecule has 1 aliphatic rings. The molecule has 1 fully saturated rings. The fraction of sp³-hybridized carbons (Fsp3) is 0.323. The van der Waals surface area contributed by atoms with Gasteiger partial charge in [-0.15, -0.1) is 0 Å². The van der Waals surface area contributed by atoms with Gasteiger partial charge in [0.2, 0.25) is 0 Å². The predicted octanol–water partition coefficient (Wildman–Crippen LogP) is 5.47. The number of halogens is 2. The normalized spacial score (nSPS) is 18.0. The first-order valence-electron chi connectivity index (χ1n) is 13.8. The first-order valence-corrected chi connectivity index (χ1v) is 13.8. The topological polar surface area (TPSA) is 78.8 Å². The summed E-state index contributed by atoms with van der Waals surface area (Å²) in [4.78, 5) is 15.7. The lowest BCUT2D eigenvalue weighted by Crippen LogP contribution is -2.51. The van der Waals surface area contributed by atoms with E-state index < -0.39 is 11.6 Å². The van der Waals surface area contributed by atoms with Gasteiger partial charge in [-0.3, -0.25) is 14.6 Å². The van der Waals surface area contributed by atoms with Crippen LogP contribution in [0.3, 0.4) is 0 Å². The highest BCUT2D eigenvalue weighted by Gasteiger charge is 2.29. The number of amides is 1. The zero-order chi connectivity index (χ0) is 27.8. The molecular formula is C31H32F2N6O. The second-order valence-electron chi connectivity index (χ2n) is 10.8. The highest BCUT2D eigenvalue weighted by Crippen LogP contribution is 2.30. The molecule has 6 rings (SSSR count). The molecule has 0 aliphatic carbocycles. The third-order valence-corrected chi connectivity index (χ3v) is 7.76. The van der Waals surface area contributed by atoms with Crippen molar-refractivity contribution in [2.45, 2.75) is 32.2 Å². The van der Waals surface area contributed by atoms with Crippen LogP contribution in [0.1, 0.15) is 35.7 Å². The maximum absolute atomic E-state index is 14.4. The SMILES string of the molecule is CCCN1CC(Cc2c(F)cccc2F)CC(NC(=O)c2ccc3[nH]nc(-c4ccc5nn(C)cc5c4)c3c2)C1. The molecule has 2 unspecified atom stereocenters. The number of H-pyrrole nitrogens is 1. The Morgan fingerprint density at radius 2 is 1.93 bits per heavy atom. The molecule has 1 aliphatic heterocycles. The molecule has 206 valence electrons. The molecule has 1 saturated heterocycles. The van der Waals surface area contributed by atoms with Gasteiger partial charge in [0.25, 0.3) is 5.91 Å². The molecule has 2 aromatic heterocycles. The van der Waals surface area contributed by atoms with Crippen LogP contribution in [0.2, 0.25) is 0 Å². The number of hydrogen-bond acceptors (Lipinski definition) is 4. The van der Waals surface area contributed by atoms with Crippen molar-refractivity contribution in [3.8, 4) is 11.3 Å². The number of carbonyl (C=O) groups excluding carboxylic acids is 1. The van der Waals surface area contributed by atoms with E-state index in [1.807, 2.05) is 43.6 Å². The standard InChI is InChI=1S/C31H32F2N6O/c1-3-11-39-16-19(13-24-26(32)5-4-6-27(24)33)12-23(18-39)34-31(40)21-8-10-29-25(15-21)30(36-35-29)20-7-9-28-22(14-20)17-38(2)37-28/h4-10,14-15,17,19,23H,3,11-13,16,18H2,1-2H3,(H,34,40)(H,35,36). The van der Waals surface area contributed by atoms with Gasteiger partial charge in [-0.2, -0.15) is 10.2 Å². The number of likely N-dealkylation sites (tertiary alicyclic amines) is 1. The van der Waals surface area contributed by atoms with Crippen molar-refractivity contribution in [3.05, 3.63) is 83.6 Å². The summed E-state index contributed by atoms with van der Waals surface area (Å²) in [7, 11) is 1.89. The summed E-state index contributed by atoms with van der Waals surface area (Å²) in [5.74, 6) is -1.17. The summed E-state index contributed by atoms with van der Waals surface area (Å²) in [5.41, 5.74) is 4.13. The second kappa shape index (κ2) is 10.8. The number of rotatable bonds is 7. The molecule has 40 heavy (non-hydrogen) atoms. The van der Waals surface area contributed by atoms with Crippen LogP contribution in [-0.4, -0.2) is 56.5 Å². The summed E-state index contributed by atoms with van der Waals surface area (Å²) >= 11 is 0. The van der Waals surface area contributed by atoms with Gasteiger partial charge in [-0.25, -0.2) is 8.78 Å². The van der Waals surface area contributed by atoms with Gasteiger partial charge in [-0.1, -0.05) is 19.1 Å². The lowest BCUT2D eigenvalue weighted by Gasteiger charge is -2.38. The number of hydrogen-bond donors (Lipinski definition) is 2. The summed E-state index contributed by atoms with van der Waals surface area (Å²) in [5, 5.41) is 17.1. The van der Waals surface area contributed by atoms with Crippen molar-refractivity contribution < 1.29 is 13.6 Å². The summed E-state index contributed by atoms with van der Waals surface area (Å²) in [6.45, 7) is 4.44. The van der Waals surface area contributed by atoms with Crippen molar-refractivity contribution in [3.63, 3.8) is 0 Å². The molecule has 9 heteroatoms. The Morgan fingerprint density at radius 3 is 2.73 bits per heavy atom. The van der Waals surface area contributed by atoms with Gasteiger partial charge in [0.1, 0.15) is 11.6 Å². The zero-order valence-electron chi connectivity index (χ0n) is 22.6. The minimum atomic E-state index is -0.514. The molecule has 3 aromatic carbocycles. The molecule has 0 saturated carbocycles. The Hall–Kier alpha value is -4.11. The van der Waals surface area contributed by atoms with E-state index in [9.17, 15) is 13.6 Å². The summed E-state index contributed by atoms with van der Waals surface area (Å²) in [6.07, 6.45) is 3.89. The molecule has 0 bridgehead atoms. The number of carbonyl (C=O) groups is 1. The van der Waals surface area contributed by atoms with Crippen molar-refractivity contribution >= 4 is 27.7 Å². The van der Waals surface area contributed by atoms with Gasteiger partial charge in [-0.05, 0) is 74.2 Å². The van der Waals surface area contributed by atoms with Crippen LogP contribution in [0.25, 0.3) is 33.1 Å². The predicted molar refractivity (Wildman–Crippen MR) is 152 cm³/mol. The van der Waals surface area contributed by atoms with Crippen molar-refractivity contribution in [2.75, 3.05) is 19.6 Å². The lowest BCUT2D eigenvalue weighted by molar-refractivity contribution is 0.0867. The van der Waals surface area contributed by atoms with Crippen LogP contribution in [0.15, 0.2) is 60.8 Å². The Morgan fingerprint density at radius 1 is 1.10 bits per heavy atom. The van der Waals surface area contributed by atoms with Crippen LogP contribution in [0.5, 0.6) is 0 Å². The monoisotopic (exact) mass is 542 g/mol. The molecule has 2 N–H and O–H groups in total. The third kappa shape index (κ3) is 5.21. The number of nitrogens with zero attached hydrogens (tertiary/aromatic N) is 4. The quantitative estimate of drug-likeness (QED) is 0.286. The van der Waals surface area contributed by atoms with Crippen molar-refractivity contribution in [1.29, 1.82) is 0 Å². The van der Waals surface area contributed by atoms with Crippen molar-refractivity contribution in [2.24, 2.45) is 13.0 Å². The van der Waals surface area contributed by atoms with Crippen LogP contribution in [-0.2, 0) is 13.5 Å². The minimum Gasteiger partial charge on any atom is -0.348 e. The second-order valence-corrected chi connectivity index (χ2v) is 10.8. The average molecular weight is 543 g/mol. The van der Waals surface area contributed by atoms with E-state index in [1.54, 1.807) is 10.7 Å². The first-order chi connectivity index (χ1) is 19.4. The van der Waals surface area contributed by atoms with Crippen LogP contribution in [0.4, 0.5) is 8.78 Å². The molecule has 0 radical (unpaired) electrons. The fourth-order valence-corrected chi connectivity index (χ4v) is 6.01. The summed E-state index contributed by atoms with van der Waals surface area (Å²) in [6, 6.07) is 15.4. The first kappa shape index (κ1) is 26.1. The number of aryl methyl sites for hydroxylation is 1. The highest BCUT2D eigenvalue weighted by atomic mass is 19.1. The minimum absolute atomic E-state index is 0.0300. The molecule has 5 aromatic rings. The molecular weight excluding hydrogens is 510 g/mol. The van der Waals surface area contributed by atoms with Crippen molar-refractivity contribution in [1.82, 2.24) is 30.2 Å². The molecule has 0 spiro atoms. The average Bonchev–Trinajstić information content (AvgIpc) is 3.52. The van der Waals surface area contributed by atoms with E-state index in [-0.39, 0.29) is 23.4 Å². The van der Waals surface area contributed by atoms with E-state index >= 15 is 0 Å². The van der Waals surface area contributed by atoms with Crippen LogP contribution >= 0.6 is 0 Å². The Kier molecular flexibility index (Phi) is 7.06. The Bertz CT molecular complexity index is 1670. The Balaban J connectivity index is 1.22. The third-order valence-electron chi connectivity index (χ3n) is 7.76. The largest absolute Gasteiger partial charge is 0.348 e. The van der Waals surface area contributed by atoms with Gasteiger partial charge >= 0.3 is 0 Å². The summed E-state index contributed by atoms with van der Waals surface area (Å²) < 4.78 is 30.5. The van der Waals surface area contributed by atoms with Gasteiger partial charge in [0.15, 0.2) is 0 Å². The zero-order valence-corrected chi connectivity index (χ0v) is 22.6. The number of benzene rings is 3. The maximum Gasteiger partial charge on any atom is 0.251 e. The van der Waals surface area contributed by atoms with E-state index in [1.165, 1.54) is 18.2 Å². The van der Waals surface area contributed by atoms with Gasteiger partial charge in [0, 0.05) is 59.8 Å². The fourth-order valence-electron chi connectivity index (χ4n) is 6.01. The van der Waals surface area contributed by atoms with Crippen LogP contribution < -0.4 is 5.32 Å². The molecule has 1 amide bonds. The lowest BCUT2D eigenvalue weighted by atomic mass is 9.88. The highest BCUT2D eigenvalue weighted by molar-refractivity contribution is 6.02.